The maximum Gasteiger partial charge on any atom is 0.227 e. The highest BCUT2D eigenvalue weighted by Gasteiger charge is 2.41. The molecule has 0 saturated heterocycles. The predicted octanol–water partition coefficient (Wildman–Crippen LogP) is 6.18. The number of nitrogens with zero attached hydrogens (tertiary/aromatic N) is 3. The van der Waals surface area contributed by atoms with E-state index < -0.39 is 0 Å². The van der Waals surface area contributed by atoms with Crippen LogP contribution < -0.4 is 10.1 Å². The van der Waals surface area contributed by atoms with Crippen molar-refractivity contribution in [2.24, 2.45) is 0 Å². The fraction of sp³-hybridized carbons (Fsp3) is 0.185. The van der Waals surface area contributed by atoms with Gasteiger partial charge in [0.05, 0.1) is 5.70 Å². The van der Waals surface area contributed by atoms with Crippen LogP contribution in [0.5, 0.6) is 5.75 Å². The summed E-state index contributed by atoms with van der Waals surface area (Å²) in [5.41, 5.74) is 7.98. The molecule has 0 amide bonds. The van der Waals surface area contributed by atoms with E-state index in [1.54, 1.807) is 11.8 Å². The lowest BCUT2D eigenvalue weighted by molar-refractivity contribution is 0.223. The molecule has 5 nitrogen and oxygen atoms in total. The van der Waals surface area contributed by atoms with Gasteiger partial charge in [0.15, 0.2) is 0 Å². The molecule has 164 valence electrons. The number of benzene rings is 3. The molecule has 3 heterocycles. The van der Waals surface area contributed by atoms with Crippen LogP contribution in [0.2, 0.25) is 0 Å². The molecule has 0 aliphatic carbocycles. The monoisotopic (exact) mass is 452 g/mol. The number of anilines is 1. The van der Waals surface area contributed by atoms with Crippen molar-refractivity contribution in [2.45, 2.75) is 31.1 Å². The second kappa shape index (κ2) is 7.81. The quantitative estimate of drug-likeness (QED) is 0.376. The van der Waals surface area contributed by atoms with Gasteiger partial charge >= 0.3 is 0 Å². The van der Waals surface area contributed by atoms with Crippen LogP contribution in [0.15, 0.2) is 83.5 Å². The van der Waals surface area contributed by atoms with Crippen molar-refractivity contribution in [1.82, 2.24) is 14.8 Å². The van der Waals surface area contributed by atoms with Gasteiger partial charge in [0, 0.05) is 11.1 Å². The van der Waals surface area contributed by atoms with Gasteiger partial charge < -0.3 is 10.1 Å². The summed E-state index contributed by atoms with van der Waals surface area (Å²) in [6.07, 6.45) is 1.76. The standard InChI is InChI=1S/C27H24N4OS/c1-16-8-12-18(13-9-16)24-22-23(28-26-29-27(33-3)30-31(24)26)20-6-4-5-7-21(20)32-25(22)19-14-10-17(2)11-15-19/h4-15,24-25H,1-3H3,(H,28,29,30)/t24-,25-/m0/s1. The normalized spacial score (nSPS) is 18.6. The van der Waals surface area contributed by atoms with Crippen molar-refractivity contribution >= 4 is 23.4 Å². The largest absolute Gasteiger partial charge is 0.480 e. The van der Waals surface area contributed by atoms with E-state index in [0.29, 0.717) is 0 Å². The molecule has 3 aromatic carbocycles. The maximum atomic E-state index is 6.69. The molecule has 6 heteroatoms. The number of aromatic nitrogens is 3. The Kier molecular flexibility index (Phi) is 4.76. The Morgan fingerprint density at radius 1 is 0.879 bits per heavy atom. The van der Waals surface area contributed by atoms with E-state index in [2.05, 4.69) is 73.8 Å². The summed E-state index contributed by atoms with van der Waals surface area (Å²) in [6, 6.07) is 25.4. The highest BCUT2D eigenvalue weighted by molar-refractivity contribution is 7.98. The highest BCUT2D eigenvalue weighted by atomic mass is 32.2. The van der Waals surface area contributed by atoms with Crippen LogP contribution in [0.25, 0.3) is 5.70 Å². The van der Waals surface area contributed by atoms with Crippen molar-refractivity contribution in [3.05, 3.63) is 106 Å². The average Bonchev–Trinajstić information content (AvgIpc) is 3.26. The number of fused-ring (bicyclic) bond motifs is 3. The molecule has 2 aliphatic heterocycles. The summed E-state index contributed by atoms with van der Waals surface area (Å²) in [4.78, 5) is 4.76. The van der Waals surface area contributed by atoms with E-state index in [9.17, 15) is 0 Å². The molecule has 0 bridgehead atoms. The molecule has 2 aliphatic rings. The fourth-order valence-corrected chi connectivity index (χ4v) is 4.98. The molecule has 0 fully saturated rings. The van der Waals surface area contributed by atoms with Crippen LogP contribution >= 0.6 is 11.8 Å². The van der Waals surface area contributed by atoms with E-state index >= 15 is 0 Å². The first-order chi connectivity index (χ1) is 16.1. The summed E-state index contributed by atoms with van der Waals surface area (Å²) >= 11 is 1.55. The van der Waals surface area contributed by atoms with E-state index in [4.69, 9.17) is 14.8 Å². The maximum absolute atomic E-state index is 6.69. The SMILES string of the molecule is CSc1nc2n(n1)[C@@H](c1ccc(C)cc1)C1=C(N2)c2ccccc2O[C@H]1c1ccc(C)cc1. The molecule has 1 aromatic heterocycles. The van der Waals surface area contributed by atoms with Gasteiger partial charge in [-0.2, -0.15) is 4.98 Å². The van der Waals surface area contributed by atoms with Crippen LogP contribution in [0.4, 0.5) is 5.95 Å². The summed E-state index contributed by atoms with van der Waals surface area (Å²) in [7, 11) is 0. The zero-order valence-electron chi connectivity index (χ0n) is 18.7. The van der Waals surface area contributed by atoms with Gasteiger partial charge in [-0.1, -0.05) is 83.6 Å². The van der Waals surface area contributed by atoms with Crippen LogP contribution in [0.1, 0.15) is 40.0 Å². The van der Waals surface area contributed by atoms with Crippen molar-refractivity contribution in [1.29, 1.82) is 0 Å². The molecule has 0 spiro atoms. The lowest BCUT2D eigenvalue weighted by Crippen LogP contribution is -2.32. The van der Waals surface area contributed by atoms with Crippen molar-refractivity contribution in [2.75, 3.05) is 11.6 Å². The number of ether oxygens (including phenoxy) is 1. The zero-order valence-corrected chi connectivity index (χ0v) is 19.6. The van der Waals surface area contributed by atoms with Gasteiger partial charge in [-0.3, -0.25) is 0 Å². The minimum absolute atomic E-state index is 0.134. The zero-order chi connectivity index (χ0) is 22.5. The fourth-order valence-electron chi connectivity index (χ4n) is 4.63. The third kappa shape index (κ3) is 3.33. The van der Waals surface area contributed by atoms with E-state index in [-0.39, 0.29) is 12.1 Å². The Hall–Kier alpha value is -3.51. The summed E-state index contributed by atoms with van der Waals surface area (Å²) in [6.45, 7) is 4.22. The highest BCUT2D eigenvalue weighted by Crippen LogP contribution is 2.50. The van der Waals surface area contributed by atoms with Crippen LogP contribution in [-0.2, 0) is 0 Å². The van der Waals surface area contributed by atoms with Gasteiger partial charge in [-0.15, -0.1) is 5.10 Å². The van der Waals surface area contributed by atoms with Crippen LogP contribution in [-0.4, -0.2) is 21.0 Å². The topological polar surface area (TPSA) is 52.0 Å². The van der Waals surface area contributed by atoms with Gasteiger partial charge in [0.1, 0.15) is 17.9 Å². The van der Waals surface area contributed by atoms with Gasteiger partial charge in [0.25, 0.3) is 0 Å². The smallest absolute Gasteiger partial charge is 0.227 e. The number of nitrogens with one attached hydrogen (secondary N) is 1. The Balaban J connectivity index is 1.62. The molecule has 4 aromatic rings. The van der Waals surface area contributed by atoms with Gasteiger partial charge in [-0.05, 0) is 43.4 Å². The molecule has 0 unspecified atom stereocenters. The van der Waals surface area contributed by atoms with Crippen LogP contribution in [0, 0.1) is 13.8 Å². The third-order valence-electron chi connectivity index (χ3n) is 6.32. The molecule has 2 atom stereocenters. The summed E-state index contributed by atoms with van der Waals surface area (Å²) < 4.78 is 8.69. The lowest BCUT2D eigenvalue weighted by atomic mass is 9.84. The van der Waals surface area contributed by atoms with Crippen molar-refractivity contribution < 1.29 is 4.74 Å². The Morgan fingerprint density at radius 3 is 2.24 bits per heavy atom. The van der Waals surface area contributed by atoms with E-state index in [1.165, 1.54) is 11.1 Å². The number of aryl methyl sites for hydroxylation is 2. The number of hydrogen-bond donors (Lipinski definition) is 1. The average molecular weight is 453 g/mol. The minimum atomic E-state index is -0.246. The minimum Gasteiger partial charge on any atom is -0.480 e. The summed E-state index contributed by atoms with van der Waals surface area (Å²) in [5.74, 6) is 1.62. The molecule has 0 radical (unpaired) electrons. The number of thioether (sulfide) groups is 1. The number of hydrogen-bond acceptors (Lipinski definition) is 5. The van der Waals surface area contributed by atoms with Crippen LogP contribution in [0.3, 0.4) is 0 Å². The molecule has 6 rings (SSSR count). The second-order valence-corrected chi connectivity index (χ2v) is 9.31. The van der Waals surface area contributed by atoms with Gasteiger partial charge in [-0.25, -0.2) is 4.68 Å². The predicted molar refractivity (Wildman–Crippen MR) is 133 cm³/mol. The first kappa shape index (κ1) is 20.1. The lowest BCUT2D eigenvalue weighted by Gasteiger charge is -2.39. The Labute approximate surface area is 197 Å². The summed E-state index contributed by atoms with van der Waals surface area (Å²) in [5, 5.41) is 9.21. The third-order valence-corrected chi connectivity index (χ3v) is 6.85. The first-order valence-electron chi connectivity index (χ1n) is 11.0. The van der Waals surface area contributed by atoms with Gasteiger partial charge in [0.2, 0.25) is 11.1 Å². The molecule has 33 heavy (non-hydrogen) atoms. The van der Waals surface area contributed by atoms with E-state index in [0.717, 1.165) is 44.8 Å². The van der Waals surface area contributed by atoms with E-state index in [1.807, 2.05) is 29.1 Å². The Morgan fingerprint density at radius 2 is 1.55 bits per heavy atom. The Bertz CT molecular complexity index is 1370. The van der Waals surface area contributed by atoms with Crippen molar-refractivity contribution in [3.63, 3.8) is 0 Å². The first-order valence-corrected chi connectivity index (χ1v) is 12.3. The molecular weight excluding hydrogens is 428 g/mol. The molecule has 0 saturated carbocycles. The molecular formula is C27H24N4OS. The van der Waals surface area contributed by atoms with Crippen molar-refractivity contribution in [3.8, 4) is 5.75 Å². The molecule has 1 N–H and O–H groups in total. The second-order valence-electron chi connectivity index (χ2n) is 8.54. The number of rotatable bonds is 3. The number of para-hydroxylation sites is 1.